The summed E-state index contributed by atoms with van der Waals surface area (Å²) in [6, 6.07) is 2.19. The molecular formula is C8H15N3. The van der Waals surface area contributed by atoms with Crippen molar-refractivity contribution in [3.63, 3.8) is 0 Å². The van der Waals surface area contributed by atoms with Crippen LogP contribution in [0.1, 0.15) is 13.3 Å². The minimum atomic E-state index is 0.434. The van der Waals surface area contributed by atoms with E-state index in [9.17, 15) is 0 Å². The highest BCUT2D eigenvalue weighted by molar-refractivity contribution is 4.82. The van der Waals surface area contributed by atoms with Crippen molar-refractivity contribution in [2.45, 2.75) is 19.5 Å². The molecular weight excluding hydrogens is 138 g/mol. The SMILES string of the molecule is CC1N(C)CCCN1CC#N. The fourth-order valence-corrected chi connectivity index (χ4v) is 1.48. The summed E-state index contributed by atoms with van der Waals surface area (Å²) in [7, 11) is 2.11. The predicted molar refractivity (Wildman–Crippen MR) is 43.9 cm³/mol. The first-order valence-corrected chi connectivity index (χ1v) is 4.07. The molecule has 0 amide bonds. The van der Waals surface area contributed by atoms with Gasteiger partial charge in [0.25, 0.3) is 0 Å². The van der Waals surface area contributed by atoms with Crippen molar-refractivity contribution in [3.05, 3.63) is 0 Å². The Morgan fingerprint density at radius 2 is 2.27 bits per heavy atom. The van der Waals surface area contributed by atoms with Gasteiger partial charge in [0, 0.05) is 13.1 Å². The van der Waals surface area contributed by atoms with Gasteiger partial charge in [0.15, 0.2) is 0 Å². The van der Waals surface area contributed by atoms with Crippen molar-refractivity contribution < 1.29 is 0 Å². The van der Waals surface area contributed by atoms with Crippen molar-refractivity contribution in [3.8, 4) is 6.07 Å². The van der Waals surface area contributed by atoms with E-state index in [0.29, 0.717) is 12.7 Å². The smallest absolute Gasteiger partial charge is 0.0878 e. The maximum absolute atomic E-state index is 8.51. The van der Waals surface area contributed by atoms with E-state index in [0.717, 1.165) is 13.1 Å². The van der Waals surface area contributed by atoms with E-state index in [1.807, 2.05) is 0 Å². The first kappa shape index (κ1) is 8.51. The van der Waals surface area contributed by atoms with Gasteiger partial charge in [0.2, 0.25) is 0 Å². The zero-order valence-corrected chi connectivity index (χ0v) is 7.25. The van der Waals surface area contributed by atoms with Crippen molar-refractivity contribution >= 4 is 0 Å². The quantitative estimate of drug-likeness (QED) is 0.514. The molecule has 1 rings (SSSR count). The Bertz CT molecular complexity index is 161. The minimum absolute atomic E-state index is 0.434. The summed E-state index contributed by atoms with van der Waals surface area (Å²) in [5.41, 5.74) is 0. The highest BCUT2D eigenvalue weighted by Gasteiger charge is 2.21. The van der Waals surface area contributed by atoms with E-state index in [4.69, 9.17) is 5.26 Å². The first-order chi connectivity index (χ1) is 5.25. The van der Waals surface area contributed by atoms with Crippen molar-refractivity contribution in [1.29, 1.82) is 5.26 Å². The van der Waals surface area contributed by atoms with E-state index >= 15 is 0 Å². The van der Waals surface area contributed by atoms with Gasteiger partial charge < -0.3 is 0 Å². The zero-order chi connectivity index (χ0) is 8.27. The molecule has 0 aromatic heterocycles. The first-order valence-electron chi connectivity index (χ1n) is 4.07. The Morgan fingerprint density at radius 3 is 2.91 bits per heavy atom. The van der Waals surface area contributed by atoms with Crippen LogP contribution in [0.25, 0.3) is 0 Å². The second kappa shape index (κ2) is 3.70. The van der Waals surface area contributed by atoms with Crippen molar-refractivity contribution in [1.82, 2.24) is 9.80 Å². The van der Waals surface area contributed by atoms with Crippen LogP contribution in [-0.4, -0.2) is 42.6 Å². The maximum Gasteiger partial charge on any atom is 0.0878 e. The third kappa shape index (κ3) is 1.92. The van der Waals surface area contributed by atoms with Gasteiger partial charge in [-0.3, -0.25) is 9.80 Å². The molecule has 0 spiro atoms. The Kier molecular flexibility index (Phi) is 2.86. The number of nitriles is 1. The molecule has 1 saturated heterocycles. The molecule has 1 atom stereocenters. The molecule has 3 nitrogen and oxygen atoms in total. The Morgan fingerprint density at radius 1 is 1.55 bits per heavy atom. The lowest BCUT2D eigenvalue weighted by atomic mass is 10.2. The molecule has 0 N–H and O–H groups in total. The fraction of sp³-hybridized carbons (Fsp3) is 0.875. The predicted octanol–water partition coefficient (Wildman–Crippen LogP) is 0.493. The third-order valence-corrected chi connectivity index (χ3v) is 2.40. The van der Waals surface area contributed by atoms with Crippen molar-refractivity contribution in [2.24, 2.45) is 0 Å². The second-order valence-corrected chi connectivity index (χ2v) is 3.09. The molecule has 3 heteroatoms. The fourth-order valence-electron chi connectivity index (χ4n) is 1.48. The third-order valence-electron chi connectivity index (χ3n) is 2.40. The molecule has 11 heavy (non-hydrogen) atoms. The van der Waals surface area contributed by atoms with Crippen LogP contribution in [0.5, 0.6) is 0 Å². The van der Waals surface area contributed by atoms with Crippen LogP contribution in [0.2, 0.25) is 0 Å². The Labute approximate surface area is 68.2 Å². The van der Waals surface area contributed by atoms with Crippen LogP contribution in [-0.2, 0) is 0 Å². The topological polar surface area (TPSA) is 30.3 Å². The summed E-state index contributed by atoms with van der Waals surface area (Å²) < 4.78 is 0. The van der Waals surface area contributed by atoms with Crippen LogP contribution >= 0.6 is 0 Å². The Hall–Kier alpha value is -0.590. The van der Waals surface area contributed by atoms with E-state index < -0.39 is 0 Å². The highest BCUT2D eigenvalue weighted by atomic mass is 15.4. The van der Waals surface area contributed by atoms with Crippen molar-refractivity contribution in [2.75, 3.05) is 26.7 Å². The van der Waals surface area contributed by atoms with Gasteiger partial charge in [0.05, 0.1) is 18.8 Å². The van der Waals surface area contributed by atoms with E-state index in [1.165, 1.54) is 6.42 Å². The summed E-state index contributed by atoms with van der Waals surface area (Å²) in [6.45, 7) is 4.93. The molecule has 0 saturated carbocycles. The lowest BCUT2D eigenvalue weighted by Crippen LogP contribution is -2.50. The van der Waals surface area contributed by atoms with Gasteiger partial charge in [-0.1, -0.05) is 0 Å². The van der Waals surface area contributed by atoms with E-state index in [-0.39, 0.29) is 0 Å². The van der Waals surface area contributed by atoms with Crippen LogP contribution < -0.4 is 0 Å². The van der Waals surface area contributed by atoms with E-state index in [1.54, 1.807) is 0 Å². The van der Waals surface area contributed by atoms with Gasteiger partial charge in [-0.15, -0.1) is 0 Å². The molecule has 1 aliphatic heterocycles. The lowest BCUT2D eigenvalue weighted by molar-refractivity contribution is 0.0453. The van der Waals surface area contributed by atoms with Gasteiger partial charge >= 0.3 is 0 Å². The van der Waals surface area contributed by atoms with E-state index in [2.05, 4.69) is 29.8 Å². The molecule has 1 aliphatic rings. The number of hydrogen-bond donors (Lipinski definition) is 0. The zero-order valence-electron chi connectivity index (χ0n) is 7.25. The summed E-state index contributed by atoms with van der Waals surface area (Å²) in [4.78, 5) is 4.48. The molecule has 1 unspecified atom stereocenters. The molecule has 0 radical (unpaired) electrons. The largest absolute Gasteiger partial charge is 0.291 e. The standard InChI is InChI=1S/C8H15N3/c1-8-10(2)5-3-6-11(8)7-4-9/h8H,3,5-7H2,1-2H3. The molecule has 0 aromatic rings. The average Bonchev–Trinajstić information content (AvgIpc) is 1.99. The van der Waals surface area contributed by atoms with Gasteiger partial charge in [-0.2, -0.15) is 5.26 Å². The average molecular weight is 153 g/mol. The lowest BCUT2D eigenvalue weighted by Gasteiger charge is -2.38. The monoisotopic (exact) mass is 153 g/mol. The minimum Gasteiger partial charge on any atom is -0.291 e. The summed E-state index contributed by atoms with van der Waals surface area (Å²) >= 11 is 0. The molecule has 1 fully saturated rings. The van der Waals surface area contributed by atoms with Gasteiger partial charge in [-0.25, -0.2) is 0 Å². The summed E-state index contributed by atoms with van der Waals surface area (Å²) in [5, 5.41) is 8.51. The Balaban J connectivity index is 2.45. The van der Waals surface area contributed by atoms with Crippen LogP contribution in [0, 0.1) is 11.3 Å². The summed E-state index contributed by atoms with van der Waals surface area (Å²) in [5.74, 6) is 0. The van der Waals surface area contributed by atoms with Crippen LogP contribution in [0.4, 0.5) is 0 Å². The molecule has 0 bridgehead atoms. The highest BCUT2D eigenvalue weighted by Crippen LogP contribution is 2.10. The van der Waals surface area contributed by atoms with Gasteiger partial charge in [-0.05, 0) is 20.4 Å². The number of nitrogens with zero attached hydrogens (tertiary/aromatic N) is 3. The normalized spacial score (nSPS) is 28.3. The second-order valence-electron chi connectivity index (χ2n) is 3.09. The molecule has 0 aliphatic carbocycles. The van der Waals surface area contributed by atoms with Crippen LogP contribution in [0.3, 0.4) is 0 Å². The number of rotatable bonds is 1. The molecule has 0 aromatic carbocycles. The van der Waals surface area contributed by atoms with Gasteiger partial charge in [0.1, 0.15) is 0 Å². The number of hydrogen-bond acceptors (Lipinski definition) is 3. The molecule has 62 valence electrons. The molecule has 1 heterocycles. The summed E-state index contributed by atoms with van der Waals surface area (Å²) in [6.07, 6.45) is 1.62. The maximum atomic E-state index is 8.51. The van der Waals surface area contributed by atoms with Crippen LogP contribution in [0.15, 0.2) is 0 Å².